The summed E-state index contributed by atoms with van der Waals surface area (Å²) in [5.74, 6) is -0.939. The molecule has 0 heterocycles. The van der Waals surface area contributed by atoms with Gasteiger partial charge in [-0.15, -0.1) is 0 Å². The molecular weight excluding hydrogens is 741 g/mol. The number of aliphatic hydroxyl groups excluding tert-OH is 1. The Morgan fingerprint density at radius 1 is 0.649 bits per heavy atom. The Morgan fingerprint density at radius 2 is 1.19 bits per heavy atom. The van der Waals surface area contributed by atoms with E-state index in [0.717, 1.165) is 19.3 Å². The maximum absolute atomic E-state index is 12.7. The molecule has 57 heavy (non-hydrogen) atoms. The summed E-state index contributed by atoms with van der Waals surface area (Å²) < 4.78 is 33.8. The van der Waals surface area contributed by atoms with Gasteiger partial charge < -0.3 is 33.0 Å². The number of rotatable bonds is 40. The largest absolute Gasteiger partial charge is 0.756 e. The molecule has 0 saturated heterocycles. The van der Waals surface area contributed by atoms with Crippen LogP contribution in [0.15, 0.2) is 48.6 Å². The van der Waals surface area contributed by atoms with E-state index in [0.29, 0.717) is 43.1 Å². The zero-order chi connectivity index (χ0) is 42.3. The van der Waals surface area contributed by atoms with Gasteiger partial charge in [0.2, 0.25) is 0 Å². The fraction of sp³-hybridized carbons (Fsp3) is 0.783. The number of phosphoric ester groups is 1. The Balaban J connectivity index is 4.50. The van der Waals surface area contributed by atoms with Crippen molar-refractivity contribution in [2.24, 2.45) is 0 Å². The number of carbonyl (C=O) groups excluding carboxylic acids is 2. The van der Waals surface area contributed by atoms with Crippen molar-refractivity contribution in [2.45, 2.75) is 187 Å². The first kappa shape index (κ1) is 54.9. The van der Waals surface area contributed by atoms with Gasteiger partial charge in [0.1, 0.15) is 19.8 Å². The molecule has 10 nitrogen and oxygen atoms in total. The Labute approximate surface area is 348 Å². The average Bonchev–Trinajstić information content (AvgIpc) is 3.15. The van der Waals surface area contributed by atoms with Gasteiger partial charge in [0, 0.05) is 12.8 Å². The molecule has 0 aliphatic carbocycles. The van der Waals surface area contributed by atoms with Gasteiger partial charge >= 0.3 is 11.9 Å². The van der Waals surface area contributed by atoms with E-state index in [1.807, 2.05) is 57.6 Å². The van der Waals surface area contributed by atoms with Crippen LogP contribution < -0.4 is 4.89 Å². The predicted octanol–water partition coefficient (Wildman–Crippen LogP) is 11.0. The van der Waals surface area contributed by atoms with Gasteiger partial charge in [-0.05, 0) is 44.9 Å². The number of nitrogens with zero attached hydrogens (tertiary/aromatic N) is 1. The first-order valence-corrected chi connectivity index (χ1v) is 23.9. The van der Waals surface area contributed by atoms with E-state index < -0.39 is 38.6 Å². The zero-order valence-electron chi connectivity index (χ0n) is 36.9. The highest BCUT2D eigenvalue weighted by Crippen LogP contribution is 2.38. The maximum Gasteiger partial charge on any atom is 0.306 e. The second-order valence-corrected chi connectivity index (χ2v) is 17.7. The van der Waals surface area contributed by atoms with Crippen molar-refractivity contribution < 1.29 is 47.2 Å². The molecule has 0 bridgehead atoms. The summed E-state index contributed by atoms with van der Waals surface area (Å²) in [5.41, 5.74) is 0. The number of likely N-dealkylation sites (N-methyl/N-ethyl adjacent to an activating group) is 1. The molecule has 11 heteroatoms. The summed E-state index contributed by atoms with van der Waals surface area (Å²) in [6.07, 6.45) is 40.2. The second-order valence-electron chi connectivity index (χ2n) is 16.3. The minimum Gasteiger partial charge on any atom is -0.756 e. The van der Waals surface area contributed by atoms with Crippen LogP contribution in [-0.2, 0) is 32.7 Å². The number of hydrogen-bond acceptors (Lipinski definition) is 9. The van der Waals surface area contributed by atoms with Gasteiger partial charge in [-0.3, -0.25) is 14.2 Å². The fourth-order valence-corrected chi connectivity index (χ4v) is 6.57. The van der Waals surface area contributed by atoms with E-state index in [2.05, 4.69) is 19.9 Å². The molecule has 0 aromatic carbocycles. The minimum atomic E-state index is -4.66. The number of phosphoric acid groups is 1. The van der Waals surface area contributed by atoms with Crippen LogP contribution in [0.2, 0.25) is 0 Å². The SMILES string of the molecule is CCCCC/C=C\C=C/[C@H](O)C/C=C\C/C=C/CCCC(=O)O[C@H](COC(=O)CCCCCCCCCCCCCCCCC)COP(=O)([O-])OCC[N+](C)(C)C. The van der Waals surface area contributed by atoms with Crippen molar-refractivity contribution in [1.29, 1.82) is 0 Å². The van der Waals surface area contributed by atoms with Crippen LogP contribution in [0.3, 0.4) is 0 Å². The van der Waals surface area contributed by atoms with Crippen molar-refractivity contribution in [3.8, 4) is 0 Å². The summed E-state index contributed by atoms with van der Waals surface area (Å²) in [6.45, 7) is 4.04. The minimum absolute atomic E-state index is 0.0529. The number of carbonyl (C=O) groups is 2. The summed E-state index contributed by atoms with van der Waals surface area (Å²) in [6, 6.07) is 0. The number of hydrogen-bond donors (Lipinski definition) is 1. The average molecular weight is 826 g/mol. The molecular formula is C46H84NO9P. The lowest BCUT2D eigenvalue weighted by Gasteiger charge is -2.28. The van der Waals surface area contributed by atoms with Gasteiger partial charge in [-0.25, -0.2) is 0 Å². The van der Waals surface area contributed by atoms with Gasteiger partial charge in [0.15, 0.2) is 6.10 Å². The smallest absolute Gasteiger partial charge is 0.306 e. The first-order valence-electron chi connectivity index (χ1n) is 22.5. The molecule has 1 unspecified atom stereocenters. The molecule has 0 amide bonds. The van der Waals surface area contributed by atoms with Crippen LogP contribution in [0.5, 0.6) is 0 Å². The van der Waals surface area contributed by atoms with E-state index in [1.165, 1.54) is 96.3 Å². The second kappa shape index (κ2) is 38.2. The topological polar surface area (TPSA) is 131 Å². The van der Waals surface area contributed by atoms with Crippen LogP contribution in [-0.4, -0.2) is 81.2 Å². The highest BCUT2D eigenvalue weighted by Gasteiger charge is 2.21. The van der Waals surface area contributed by atoms with Gasteiger partial charge in [-0.2, -0.15) is 0 Å². The highest BCUT2D eigenvalue weighted by molar-refractivity contribution is 7.45. The molecule has 0 aromatic rings. The van der Waals surface area contributed by atoms with Crippen molar-refractivity contribution in [3.05, 3.63) is 48.6 Å². The molecule has 0 radical (unpaired) electrons. The fourth-order valence-electron chi connectivity index (χ4n) is 5.84. The molecule has 0 spiro atoms. The van der Waals surface area contributed by atoms with Crippen LogP contribution in [0.25, 0.3) is 0 Å². The first-order chi connectivity index (χ1) is 27.4. The summed E-state index contributed by atoms with van der Waals surface area (Å²) in [5, 5.41) is 10.1. The van der Waals surface area contributed by atoms with E-state index >= 15 is 0 Å². The van der Waals surface area contributed by atoms with Crippen LogP contribution in [0.1, 0.15) is 174 Å². The van der Waals surface area contributed by atoms with Crippen molar-refractivity contribution >= 4 is 19.8 Å². The molecule has 0 aliphatic heterocycles. The quantitative estimate of drug-likeness (QED) is 0.0160. The number of esters is 2. The highest BCUT2D eigenvalue weighted by atomic mass is 31.2. The molecule has 0 aromatic heterocycles. The summed E-state index contributed by atoms with van der Waals surface area (Å²) in [4.78, 5) is 37.5. The Hall–Kier alpha value is -2.07. The number of allylic oxidation sites excluding steroid dienone is 6. The summed E-state index contributed by atoms with van der Waals surface area (Å²) >= 11 is 0. The van der Waals surface area contributed by atoms with Crippen LogP contribution in [0.4, 0.5) is 0 Å². The number of ether oxygens (including phenoxy) is 2. The Bertz CT molecular complexity index is 1130. The predicted molar refractivity (Wildman–Crippen MR) is 233 cm³/mol. The molecule has 0 fully saturated rings. The van der Waals surface area contributed by atoms with E-state index in [1.54, 1.807) is 6.08 Å². The molecule has 332 valence electrons. The third-order valence-corrected chi connectivity index (χ3v) is 10.4. The van der Waals surface area contributed by atoms with Gasteiger partial charge in [0.05, 0.1) is 33.9 Å². The van der Waals surface area contributed by atoms with Gasteiger partial charge in [0.25, 0.3) is 7.82 Å². The van der Waals surface area contributed by atoms with Crippen LogP contribution >= 0.6 is 7.82 Å². The zero-order valence-corrected chi connectivity index (χ0v) is 37.8. The maximum atomic E-state index is 12.7. The Kier molecular flexibility index (Phi) is 36.8. The molecule has 3 atom stereocenters. The number of quaternary nitrogens is 1. The van der Waals surface area contributed by atoms with E-state index in [9.17, 15) is 24.2 Å². The molecule has 1 N–H and O–H groups in total. The third kappa shape index (κ3) is 41.9. The Morgan fingerprint density at radius 3 is 1.81 bits per heavy atom. The lowest BCUT2D eigenvalue weighted by atomic mass is 10.0. The van der Waals surface area contributed by atoms with E-state index in [4.69, 9.17) is 18.5 Å². The monoisotopic (exact) mass is 826 g/mol. The van der Waals surface area contributed by atoms with Crippen molar-refractivity contribution in [2.75, 3.05) is 47.5 Å². The van der Waals surface area contributed by atoms with Crippen LogP contribution in [0, 0.1) is 0 Å². The summed E-state index contributed by atoms with van der Waals surface area (Å²) in [7, 11) is 1.09. The third-order valence-electron chi connectivity index (χ3n) is 9.43. The van der Waals surface area contributed by atoms with Crippen molar-refractivity contribution in [1.82, 2.24) is 0 Å². The molecule has 0 rings (SSSR count). The van der Waals surface area contributed by atoms with Gasteiger partial charge in [-0.1, -0.05) is 165 Å². The van der Waals surface area contributed by atoms with Crippen molar-refractivity contribution in [3.63, 3.8) is 0 Å². The lowest BCUT2D eigenvalue weighted by Crippen LogP contribution is -2.37. The molecule has 0 saturated carbocycles. The standard InChI is InChI=1S/C46H84NO9P/c1-6-8-10-12-14-15-16-17-18-19-20-21-25-29-33-37-45(49)53-41-44(42-55-57(51,52)54-40-39-47(3,4)5)56-46(50)38-34-30-26-22-24-28-32-36-43(48)35-31-27-23-13-11-9-7-2/h22-23,26-28,31-32,35,43-44,48H,6-21,24-25,29-30,33-34,36-42H2,1-5H3/b26-22+,27-23-,32-28-,35-31-/t43-,44+/m0/s1. The molecule has 0 aliphatic rings. The number of aliphatic hydroxyl groups is 1. The normalized spacial score (nSPS) is 14.6. The lowest BCUT2D eigenvalue weighted by molar-refractivity contribution is -0.870. The number of unbranched alkanes of at least 4 members (excludes halogenated alkanes) is 18. The van der Waals surface area contributed by atoms with E-state index in [-0.39, 0.29) is 26.1 Å².